The second-order valence-corrected chi connectivity index (χ2v) is 10.5. The number of nitrogens with zero attached hydrogens (tertiary/aromatic N) is 2. The largest absolute Gasteiger partial charge is 0.460 e. The Balaban J connectivity index is 1.41. The summed E-state index contributed by atoms with van der Waals surface area (Å²) in [7, 11) is -3.69. The molecule has 2 aliphatic rings. The molecule has 2 aliphatic heterocycles. The summed E-state index contributed by atoms with van der Waals surface area (Å²) in [4.78, 5) is 15.2. The van der Waals surface area contributed by atoms with Gasteiger partial charge >= 0.3 is 5.97 Å². The van der Waals surface area contributed by atoms with E-state index < -0.39 is 21.4 Å². The maximum absolute atomic E-state index is 13.3. The van der Waals surface area contributed by atoms with Gasteiger partial charge in [0.05, 0.1) is 11.2 Å². The number of hydrogen-bond acceptors (Lipinski definition) is 6. The minimum absolute atomic E-state index is 0.110. The molecule has 0 bridgehead atoms. The fourth-order valence-electron chi connectivity index (χ4n) is 4.36. The normalized spacial score (nSPS) is 19.2. The van der Waals surface area contributed by atoms with E-state index in [4.69, 9.17) is 9.47 Å². The molecule has 0 radical (unpaired) electrons. The minimum Gasteiger partial charge on any atom is -0.460 e. The number of carbonyl (C=O) groups is 1. The van der Waals surface area contributed by atoms with Crippen molar-refractivity contribution in [1.29, 1.82) is 0 Å². The van der Waals surface area contributed by atoms with Gasteiger partial charge in [-0.3, -0.25) is 4.79 Å². The van der Waals surface area contributed by atoms with Gasteiger partial charge in [0.2, 0.25) is 10.0 Å². The Morgan fingerprint density at radius 3 is 2.24 bits per heavy atom. The molecule has 0 amide bonds. The van der Waals surface area contributed by atoms with Crippen molar-refractivity contribution in [1.82, 2.24) is 4.31 Å². The second kappa shape index (κ2) is 10.2. The third-order valence-corrected chi connectivity index (χ3v) is 8.45. The lowest BCUT2D eigenvalue weighted by molar-refractivity contribution is -0.161. The van der Waals surface area contributed by atoms with Crippen LogP contribution in [0.15, 0.2) is 54.6 Å². The van der Waals surface area contributed by atoms with Crippen LogP contribution in [0.1, 0.15) is 18.4 Å². The van der Waals surface area contributed by atoms with Gasteiger partial charge in [0.15, 0.2) is 0 Å². The highest BCUT2D eigenvalue weighted by molar-refractivity contribution is 7.89. The molecule has 4 rings (SSSR count). The van der Waals surface area contributed by atoms with Crippen molar-refractivity contribution in [2.45, 2.75) is 19.4 Å². The molecule has 0 saturated carbocycles. The molecule has 0 unspecified atom stereocenters. The molecule has 7 nitrogen and oxygen atoms in total. The summed E-state index contributed by atoms with van der Waals surface area (Å²) in [5.41, 5.74) is 0.603. The number of carbonyl (C=O) groups excluding carboxylic acids is 1. The molecule has 0 aliphatic carbocycles. The van der Waals surface area contributed by atoms with Crippen LogP contribution in [-0.4, -0.2) is 63.8 Å². The monoisotopic (exact) mass is 476 g/mol. The minimum atomic E-state index is -3.69. The zero-order valence-electron chi connectivity index (χ0n) is 18.5. The predicted octanol–water partition coefficient (Wildman–Crippen LogP) is 2.82. The molecule has 2 saturated heterocycles. The number of hydrogen-bond donors (Lipinski definition) is 0. The van der Waals surface area contributed by atoms with Crippen LogP contribution >= 0.6 is 0 Å². The van der Waals surface area contributed by atoms with Crippen LogP contribution in [0.4, 0.5) is 10.1 Å². The Morgan fingerprint density at radius 2 is 1.61 bits per heavy atom. The first-order valence-electron chi connectivity index (χ1n) is 11.2. The number of benzene rings is 2. The van der Waals surface area contributed by atoms with Crippen LogP contribution in [0, 0.1) is 11.2 Å². The van der Waals surface area contributed by atoms with Gasteiger partial charge in [0.25, 0.3) is 0 Å². The molecule has 178 valence electrons. The van der Waals surface area contributed by atoms with Crippen LogP contribution in [0.2, 0.25) is 0 Å². The highest BCUT2D eigenvalue weighted by Gasteiger charge is 2.47. The van der Waals surface area contributed by atoms with Crippen LogP contribution in [-0.2, 0) is 30.9 Å². The highest BCUT2D eigenvalue weighted by Crippen LogP contribution is 2.35. The molecule has 2 fully saturated rings. The molecule has 0 spiro atoms. The average Bonchev–Trinajstić information content (AvgIpc) is 2.84. The van der Waals surface area contributed by atoms with Gasteiger partial charge in [0, 0.05) is 45.1 Å². The molecule has 33 heavy (non-hydrogen) atoms. The summed E-state index contributed by atoms with van der Waals surface area (Å²) in [5.74, 6) is -1.07. The molecule has 0 aromatic heterocycles. The lowest BCUT2D eigenvalue weighted by Gasteiger charge is -2.39. The van der Waals surface area contributed by atoms with Crippen molar-refractivity contribution in [3.8, 4) is 0 Å². The van der Waals surface area contributed by atoms with E-state index in [9.17, 15) is 17.6 Å². The Hall–Kier alpha value is -2.49. The Bertz CT molecular complexity index is 1030. The summed E-state index contributed by atoms with van der Waals surface area (Å²) in [6.07, 6.45) is 0.630. The number of ether oxygens (including phenoxy) is 2. The van der Waals surface area contributed by atoms with Crippen LogP contribution in [0.25, 0.3) is 0 Å². The molecular formula is C24H29FN2O5S. The Kier molecular flexibility index (Phi) is 7.31. The topological polar surface area (TPSA) is 76.2 Å². The third-order valence-electron chi connectivity index (χ3n) is 6.38. The maximum Gasteiger partial charge on any atom is 0.313 e. The van der Waals surface area contributed by atoms with Crippen molar-refractivity contribution in [2.75, 3.05) is 50.0 Å². The zero-order chi connectivity index (χ0) is 23.3. The molecule has 2 aromatic rings. The first kappa shape index (κ1) is 23.7. The van der Waals surface area contributed by atoms with E-state index in [1.165, 1.54) is 16.4 Å². The maximum atomic E-state index is 13.3. The van der Waals surface area contributed by atoms with Crippen molar-refractivity contribution in [2.24, 2.45) is 5.41 Å². The third kappa shape index (κ3) is 5.72. The fraction of sp³-hybridized carbons (Fsp3) is 0.458. The van der Waals surface area contributed by atoms with Crippen LogP contribution < -0.4 is 4.90 Å². The van der Waals surface area contributed by atoms with Gasteiger partial charge in [0.1, 0.15) is 12.4 Å². The van der Waals surface area contributed by atoms with Crippen molar-refractivity contribution in [3.05, 3.63) is 66.0 Å². The van der Waals surface area contributed by atoms with Crippen molar-refractivity contribution >= 4 is 21.7 Å². The molecule has 0 N–H and O–H groups in total. The van der Waals surface area contributed by atoms with Crippen molar-refractivity contribution in [3.63, 3.8) is 0 Å². The van der Waals surface area contributed by atoms with E-state index in [1.807, 2.05) is 35.2 Å². The van der Waals surface area contributed by atoms with E-state index in [1.54, 1.807) is 12.1 Å². The van der Waals surface area contributed by atoms with E-state index >= 15 is 0 Å². The quantitative estimate of drug-likeness (QED) is 0.572. The van der Waals surface area contributed by atoms with Gasteiger partial charge in [-0.25, -0.2) is 12.8 Å². The number of esters is 1. The summed E-state index contributed by atoms with van der Waals surface area (Å²) in [6.45, 7) is 2.39. The predicted molar refractivity (Wildman–Crippen MR) is 123 cm³/mol. The van der Waals surface area contributed by atoms with Crippen molar-refractivity contribution < 1.29 is 27.1 Å². The van der Waals surface area contributed by atoms with E-state index in [0.29, 0.717) is 52.2 Å². The lowest BCUT2D eigenvalue weighted by Crippen LogP contribution is -2.53. The van der Waals surface area contributed by atoms with E-state index in [-0.39, 0.29) is 18.2 Å². The number of piperazine rings is 1. The van der Waals surface area contributed by atoms with Gasteiger partial charge in [-0.1, -0.05) is 30.3 Å². The fourth-order valence-corrected chi connectivity index (χ4v) is 6.37. The molecule has 2 heterocycles. The smallest absolute Gasteiger partial charge is 0.313 e. The first-order valence-corrected chi connectivity index (χ1v) is 12.8. The SMILES string of the molecule is O=C(OCc1ccccc1)C1(CS(=O)(=O)N2CCN(c3ccc(F)cc3)CC2)CCOCC1. The van der Waals surface area contributed by atoms with E-state index in [0.717, 1.165) is 11.3 Å². The van der Waals surface area contributed by atoms with Gasteiger partial charge in [-0.15, -0.1) is 0 Å². The summed E-state index contributed by atoms with van der Waals surface area (Å²) in [6, 6.07) is 15.5. The number of rotatable bonds is 7. The van der Waals surface area contributed by atoms with Gasteiger partial charge < -0.3 is 14.4 Å². The molecule has 2 aromatic carbocycles. The standard InChI is InChI=1S/C24H29FN2O5S/c25-21-6-8-22(9-7-21)26-12-14-27(15-13-26)33(29,30)19-24(10-16-31-17-11-24)23(28)32-18-20-4-2-1-3-5-20/h1-9H,10-19H2. The van der Waals surface area contributed by atoms with E-state index in [2.05, 4.69) is 0 Å². The molecule has 9 heteroatoms. The Morgan fingerprint density at radius 1 is 0.970 bits per heavy atom. The summed E-state index contributed by atoms with van der Waals surface area (Å²) >= 11 is 0. The van der Waals surface area contributed by atoms with Crippen LogP contribution in [0.5, 0.6) is 0 Å². The van der Waals surface area contributed by atoms with Gasteiger partial charge in [-0.05, 0) is 42.7 Å². The Labute approximate surface area is 194 Å². The number of sulfonamides is 1. The van der Waals surface area contributed by atoms with Gasteiger partial charge in [-0.2, -0.15) is 4.31 Å². The lowest BCUT2D eigenvalue weighted by atomic mass is 9.82. The van der Waals surface area contributed by atoms with Crippen LogP contribution in [0.3, 0.4) is 0 Å². The zero-order valence-corrected chi connectivity index (χ0v) is 19.3. The highest BCUT2D eigenvalue weighted by atomic mass is 32.2. The first-order chi connectivity index (χ1) is 15.9. The second-order valence-electron chi connectivity index (χ2n) is 8.57. The summed E-state index contributed by atoms with van der Waals surface area (Å²) in [5, 5.41) is 0. The average molecular weight is 477 g/mol. The number of halogens is 1. The number of anilines is 1. The molecular weight excluding hydrogens is 447 g/mol. The molecule has 0 atom stereocenters. The summed E-state index contributed by atoms with van der Waals surface area (Å²) < 4.78 is 52.3.